The van der Waals surface area contributed by atoms with Crippen LogP contribution < -0.4 is 10.6 Å². The van der Waals surface area contributed by atoms with Crippen molar-refractivity contribution in [2.24, 2.45) is 0 Å². The van der Waals surface area contributed by atoms with Gasteiger partial charge in [0.05, 0.1) is 0 Å². The molecule has 2 N–H and O–H groups in total. The second-order valence-corrected chi connectivity index (χ2v) is 4.62. The molecule has 13 heavy (non-hydrogen) atoms. The Bertz CT molecular complexity index is 140. The summed E-state index contributed by atoms with van der Waals surface area (Å²) in [4.78, 5) is 0. The molecule has 2 aliphatic rings. The normalized spacial score (nSPS) is 29.5. The second-order valence-electron chi connectivity index (χ2n) is 4.62. The summed E-state index contributed by atoms with van der Waals surface area (Å²) in [5, 5.41) is 7.25. The molecule has 0 aliphatic carbocycles. The van der Waals surface area contributed by atoms with Crippen LogP contribution in [0.25, 0.3) is 0 Å². The van der Waals surface area contributed by atoms with Gasteiger partial charge in [-0.3, -0.25) is 0 Å². The summed E-state index contributed by atoms with van der Waals surface area (Å²) in [5.41, 5.74) is 0.520. The fraction of sp³-hybridized carbons (Fsp3) is 1.00. The zero-order valence-corrected chi connectivity index (χ0v) is 8.57. The molecule has 76 valence electrons. The van der Waals surface area contributed by atoms with Gasteiger partial charge in [-0.15, -0.1) is 0 Å². The summed E-state index contributed by atoms with van der Waals surface area (Å²) >= 11 is 0. The van der Waals surface area contributed by atoms with Gasteiger partial charge in [0.25, 0.3) is 0 Å². The van der Waals surface area contributed by atoms with E-state index >= 15 is 0 Å². The van der Waals surface area contributed by atoms with Gasteiger partial charge in [0.2, 0.25) is 0 Å². The Morgan fingerprint density at radius 2 is 1.46 bits per heavy atom. The Balaban J connectivity index is 1.91. The highest BCUT2D eigenvalue weighted by atomic mass is 15.0. The largest absolute Gasteiger partial charge is 0.317 e. The van der Waals surface area contributed by atoms with Crippen LogP contribution >= 0.6 is 0 Å². The van der Waals surface area contributed by atoms with Gasteiger partial charge < -0.3 is 10.6 Å². The zero-order valence-electron chi connectivity index (χ0n) is 8.57. The van der Waals surface area contributed by atoms with E-state index in [1.807, 2.05) is 0 Å². The lowest BCUT2D eigenvalue weighted by atomic mass is 9.82. The monoisotopic (exact) mass is 182 g/mol. The first kappa shape index (κ1) is 9.47. The van der Waals surface area contributed by atoms with Crippen LogP contribution in [-0.2, 0) is 0 Å². The van der Waals surface area contributed by atoms with Gasteiger partial charge in [0, 0.05) is 5.54 Å². The third kappa shape index (κ3) is 2.44. The third-order valence-corrected chi connectivity index (χ3v) is 3.64. The quantitative estimate of drug-likeness (QED) is 0.595. The average Bonchev–Trinajstić information content (AvgIpc) is 2.14. The van der Waals surface area contributed by atoms with E-state index in [9.17, 15) is 0 Å². The first-order valence-electron chi connectivity index (χ1n) is 5.87. The molecular weight excluding hydrogens is 160 g/mol. The molecule has 0 atom stereocenters. The lowest BCUT2D eigenvalue weighted by Gasteiger charge is -2.40. The Kier molecular flexibility index (Phi) is 3.23. The topological polar surface area (TPSA) is 24.1 Å². The molecule has 0 amide bonds. The molecule has 0 aromatic heterocycles. The van der Waals surface area contributed by atoms with Gasteiger partial charge in [0.15, 0.2) is 0 Å². The molecule has 2 heteroatoms. The first-order chi connectivity index (χ1) is 6.41. The number of hydrogen-bond donors (Lipinski definition) is 2. The molecule has 0 aromatic carbocycles. The molecule has 2 rings (SSSR count). The van der Waals surface area contributed by atoms with Crippen LogP contribution in [0, 0.1) is 0 Å². The summed E-state index contributed by atoms with van der Waals surface area (Å²) in [6, 6.07) is 0. The van der Waals surface area contributed by atoms with Crippen LogP contribution in [0.2, 0.25) is 0 Å². The maximum atomic E-state index is 3.80. The standard InChI is InChI=1S/C11H22N2/c1-2-4-8-13-11(5-3-1)6-9-12-10-7-11/h12-13H,1-10H2. The minimum Gasteiger partial charge on any atom is -0.317 e. The van der Waals surface area contributed by atoms with Crippen molar-refractivity contribution in [3.05, 3.63) is 0 Å². The van der Waals surface area contributed by atoms with Crippen molar-refractivity contribution in [2.45, 2.75) is 50.5 Å². The maximum absolute atomic E-state index is 3.80. The summed E-state index contributed by atoms with van der Waals surface area (Å²) < 4.78 is 0. The van der Waals surface area contributed by atoms with E-state index in [-0.39, 0.29) is 0 Å². The van der Waals surface area contributed by atoms with E-state index in [2.05, 4.69) is 10.6 Å². The summed E-state index contributed by atoms with van der Waals surface area (Å²) in [7, 11) is 0. The molecule has 0 bridgehead atoms. The molecule has 2 saturated heterocycles. The molecule has 0 aromatic rings. The van der Waals surface area contributed by atoms with Gasteiger partial charge in [0.1, 0.15) is 0 Å². The van der Waals surface area contributed by atoms with Crippen molar-refractivity contribution in [2.75, 3.05) is 19.6 Å². The number of nitrogens with one attached hydrogen (secondary N) is 2. The van der Waals surface area contributed by atoms with Crippen LogP contribution in [-0.4, -0.2) is 25.2 Å². The Hall–Kier alpha value is -0.0800. The molecule has 0 saturated carbocycles. The highest BCUT2D eigenvalue weighted by Crippen LogP contribution is 2.26. The average molecular weight is 182 g/mol. The number of hydrogen-bond acceptors (Lipinski definition) is 2. The van der Waals surface area contributed by atoms with Crippen molar-refractivity contribution < 1.29 is 0 Å². The van der Waals surface area contributed by atoms with E-state index in [4.69, 9.17) is 0 Å². The van der Waals surface area contributed by atoms with E-state index in [1.54, 1.807) is 0 Å². The molecule has 0 radical (unpaired) electrons. The predicted molar refractivity (Wildman–Crippen MR) is 55.9 cm³/mol. The van der Waals surface area contributed by atoms with Crippen molar-refractivity contribution in [3.63, 3.8) is 0 Å². The lowest BCUT2D eigenvalue weighted by Crippen LogP contribution is -2.53. The molecule has 0 unspecified atom stereocenters. The first-order valence-corrected chi connectivity index (χ1v) is 5.87. The van der Waals surface area contributed by atoms with E-state index < -0.39 is 0 Å². The summed E-state index contributed by atoms with van der Waals surface area (Å²) in [6.07, 6.45) is 9.80. The van der Waals surface area contributed by atoms with Crippen molar-refractivity contribution >= 4 is 0 Å². The zero-order chi connectivity index (χ0) is 8.99. The van der Waals surface area contributed by atoms with Crippen molar-refractivity contribution in [3.8, 4) is 0 Å². The number of rotatable bonds is 0. The fourth-order valence-corrected chi connectivity index (χ4v) is 2.72. The Morgan fingerprint density at radius 3 is 2.31 bits per heavy atom. The molecule has 2 nitrogen and oxygen atoms in total. The van der Waals surface area contributed by atoms with Gasteiger partial charge in [-0.1, -0.05) is 19.3 Å². The molecule has 2 aliphatic heterocycles. The van der Waals surface area contributed by atoms with Gasteiger partial charge in [-0.2, -0.15) is 0 Å². The Morgan fingerprint density at radius 1 is 0.692 bits per heavy atom. The Labute approximate surface area is 81.5 Å². The van der Waals surface area contributed by atoms with Crippen LogP contribution in [0.3, 0.4) is 0 Å². The number of piperidine rings is 1. The molecule has 2 heterocycles. The highest BCUT2D eigenvalue weighted by Gasteiger charge is 2.30. The lowest BCUT2D eigenvalue weighted by molar-refractivity contribution is 0.210. The van der Waals surface area contributed by atoms with E-state index in [0.29, 0.717) is 5.54 Å². The minimum atomic E-state index is 0.520. The maximum Gasteiger partial charge on any atom is 0.0205 e. The predicted octanol–water partition coefficient (Wildman–Crippen LogP) is 1.66. The molecule has 1 spiro atoms. The fourth-order valence-electron chi connectivity index (χ4n) is 2.72. The van der Waals surface area contributed by atoms with Crippen LogP contribution in [0.5, 0.6) is 0 Å². The van der Waals surface area contributed by atoms with Crippen LogP contribution in [0.15, 0.2) is 0 Å². The molecule has 2 fully saturated rings. The van der Waals surface area contributed by atoms with E-state index in [0.717, 1.165) is 0 Å². The van der Waals surface area contributed by atoms with Gasteiger partial charge in [-0.25, -0.2) is 0 Å². The van der Waals surface area contributed by atoms with Crippen molar-refractivity contribution in [1.29, 1.82) is 0 Å². The minimum absolute atomic E-state index is 0.520. The highest BCUT2D eigenvalue weighted by molar-refractivity contribution is 4.92. The van der Waals surface area contributed by atoms with Crippen LogP contribution in [0.1, 0.15) is 44.9 Å². The van der Waals surface area contributed by atoms with E-state index in [1.165, 1.54) is 64.6 Å². The summed E-state index contributed by atoms with van der Waals surface area (Å²) in [5.74, 6) is 0. The third-order valence-electron chi connectivity index (χ3n) is 3.64. The second kappa shape index (κ2) is 4.43. The molecular formula is C11H22N2. The smallest absolute Gasteiger partial charge is 0.0205 e. The van der Waals surface area contributed by atoms with Crippen LogP contribution in [0.4, 0.5) is 0 Å². The summed E-state index contributed by atoms with van der Waals surface area (Å²) in [6.45, 7) is 3.68. The van der Waals surface area contributed by atoms with Crippen molar-refractivity contribution in [1.82, 2.24) is 10.6 Å². The van der Waals surface area contributed by atoms with Gasteiger partial charge in [-0.05, 0) is 45.3 Å². The van der Waals surface area contributed by atoms with Gasteiger partial charge >= 0.3 is 0 Å². The SMILES string of the molecule is C1CCCC2(CCNCC2)NCC1.